The number of rotatable bonds is 6. The summed E-state index contributed by atoms with van der Waals surface area (Å²) in [6.45, 7) is 0.157. The highest BCUT2D eigenvalue weighted by molar-refractivity contribution is 7.89. The van der Waals surface area contributed by atoms with Gasteiger partial charge in [0.25, 0.3) is 5.91 Å². The van der Waals surface area contributed by atoms with Gasteiger partial charge in [0.05, 0.1) is 6.54 Å². The Balaban J connectivity index is 2.96. The molecular formula is C10H13F4N3O3S. The van der Waals surface area contributed by atoms with Crippen molar-refractivity contribution < 1.29 is 30.8 Å². The normalized spacial score (nSPS) is 12.7. The summed E-state index contributed by atoms with van der Waals surface area (Å²) in [5.41, 5.74) is -0.272. The molecule has 3 N–H and O–H groups in total. The Bertz CT molecular complexity index is 627. The van der Waals surface area contributed by atoms with Gasteiger partial charge in [-0.15, -0.1) is 0 Å². The van der Waals surface area contributed by atoms with Gasteiger partial charge in [-0.05, 0) is 13.0 Å². The number of carbonyl (C=O) groups is 1. The minimum atomic E-state index is -4.37. The SMILES string of the molecule is CCn1cc(S(N)(=O)=O)cc1C(=O)NCC(F)(F)C(F)F. The molecule has 21 heavy (non-hydrogen) atoms. The minimum Gasteiger partial charge on any atom is -0.344 e. The lowest BCUT2D eigenvalue weighted by molar-refractivity contribution is -0.123. The predicted octanol–water partition coefficient (Wildman–Crippen LogP) is 0.786. The van der Waals surface area contributed by atoms with Crippen LogP contribution < -0.4 is 10.5 Å². The van der Waals surface area contributed by atoms with Gasteiger partial charge in [-0.1, -0.05) is 0 Å². The highest BCUT2D eigenvalue weighted by atomic mass is 32.2. The monoisotopic (exact) mass is 331 g/mol. The van der Waals surface area contributed by atoms with Crippen LogP contribution in [0.2, 0.25) is 0 Å². The van der Waals surface area contributed by atoms with Crippen molar-refractivity contribution in [1.29, 1.82) is 0 Å². The Labute approximate surface area is 118 Å². The number of nitrogens with zero attached hydrogens (tertiary/aromatic N) is 1. The molecule has 0 atom stereocenters. The number of hydrogen-bond acceptors (Lipinski definition) is 3. The maximum absolute atomic E-state index is 12.7. The molecule has 0 saturated heterocycles. The minimum absolute atomic E-state index is 0.156. The van der Waals surface area contributed by atoms with Gasteiger partial charge in [0.15, 0.2) is 0 Å². The van der Waals surface area contributed by atoms with Crippen LogP contribution in [0, 0.1) is 0 Å². The highest BCUT2D eigenvalue weighted by Crippen LogP contribution is 2.22. The number of alkyl halides is 4. The molecule has 1 amide bonds. The number of primary sulfonamides is 1. The number of sulfonamides is 1. The van der Waals surface area contributed by atoms with Gasteiger partial charge < -0.3 is 9.88 Å². The van der Waals surface area contributed by atoms with Crippen molar-refractivity contribution in [2.45, 2.75) is 30.7 Å². The fourth-order valence-corrected chi connectivity index (χ4v) is 2.01. The Morgan fingerprint density at radius 3 is 2.48 bits per heavy atom. The lowest BCUT2D eigenvalue weighted by Gasteiger charge is -2.16. The van der Waals surface area contributed by atoms with E-state index in [2.05, 4.69) is 0 Å². The summed E-state index contributed by atoms with van der Waals surface area (Å²) in [6, 6.07) is 0.884. The van der Waals surface area contributed by atoms with Crippen molar-refractivity contribution in [2.75, 3.05) is 6.54 Å². The van der Waals surface area contributed by atoms with Crippen LogP contribution in [0.1, 0.15) is 17.4 Å². The lowest BCUT2D eigenvalue weighted by atomic mass is 10.3. The van der Waals surface area contributed by atoms with E-state index in [4.69, 9.17) is 5.14 Å². The molecule has 1 aromatic heterocycles. The largest absolute Gasteiger partial charge is 0.344 e. The first-order valence-corrected chi connectivity index (χ1v) is 7.20. The number of aromatic nitrogens is 1. The summed E-state index contributed by atoms with van der Waals surface area (Å²) >= 11 is 0. The van der Waals surface area contributed by atoms with Crippen LogP contribution in [-0.2, 0) is 16.6 Å². The quantitative estimate of drug-likeness (QED) is 0.755. The van der Waals surface area contributed by atoms with Crippen molar-refractivity contribution in [2.24, 2.45) is 5.14 Å². The van der Waals surface area contributed by atoms with Crippen LogP contribution >= 0.6 is 0 Å². The maximum atomic E-state index is 12.7. The summed E-state index contributed by atoms with van der Waals surface area (Å²) in [4.78, 5) is 11.3. The number of carbonyl (C=O) groups excluding carboxylic acids is 1. The van der Waals surface area contributed by atoms with Crippen LogP contribution in [-0.4, -0.2) is 37.8 Å². The Morgan fingerprint density at radius 2 is 2.05 bits per heavy atom. The van der Waals surface area contributed by atoms with E-state index >= 15 is 0 Å². The molecule has 1 heterocycles. The van der Waals surface area contributed by atoms with E-state index in [0.717, 1.165) is 16.8 Å². The Hall–Kier alpha value is -1.62. The van der Waals surface area contributed by atoms with Crippen LogP contribution in [0.3, 0.4) is 0 Å². The molecule has 0 unspecified atom stereocenters. The first kappa shape index (κ1) is 17.4. The van der Waals surface area contributed by atoms with Gasteiger partial charge in [-0.25, -0.2) is 22.3 Å². The molecule has 0 aliphatic heterocycles. The number of halogens is 4. The van der Waals surface area contributed by atoms with Gasteiger partial charge in [0.1, 0.15) is 10.6 Å². The summed E-state index contributed by atoms with van der Waals surface area (Å²) in [5.74, 6) is -5.48. The van der Waals surface area contributed by atoms with E-state index in [9.17, 15) is 30.8 Å². The number of hydrogen-bond donors (Lipinski definition) is 2. The van der Waals surface area contributed by atoms with Gasteiger partial charge >= 0.3 is 12.3 Å². The van der Waals surface area contributed by atoms with E-state index in [1.807, 2.05) is 0 Å². The van der Waals surface area contributed by atoms with E-state index in [-0.39, 0.29) is 17.1 Å². The maximum Gasteiger partial charge on any atom is 0.324 e. The third-order valence-corrected chi connectivity index (χ3v) is 3.46. The van der Waals surface area contributed by atoms with Crippen LogP contribution in [0.25, 0.3) is 0 Å². The topological polar surface area (TPSA) is 94.2 Å². The zero-order valence-electron chi connectivity index (χ0n) is 10.8. The van der Waals surface area contributed by atoms with E-state index in [0.29, 0.717) is 0 Å². The van der Waals surface area contributed by atoms with Crippen molar-refractivity contribution in [3.63, 3.8) is 0 Å². The van der Waals surface area contributed by atoms with Crippen molar-refractivity contribution >= 4 is 15.9 Å². The summed E-state index contributed by atoms with van der Waals surface area (Å²) in [5, 5.41) is 6.52. The van der Waals surface area contributed by atoms with Crippen molar-refractivity contribution in [3.05, 3.63) is 18.0 Å². The first-order chi connectivity index (χ1) is 9.49. The molecule has 0 saturated carbocycles. The van der Waals surface area contributed by atoms with Crippen molar-refractivity contribution in [1.82, 2.24) is 9.88 Å². The number of nitrogens with one attached hydrogen (secondary N) is 1. The van der Waals surface area contributed by atoms with Gasteiger partial charge in [0, 0.05) is 12.7 Å². The molecule has 0 aliphatic rings. The molecule has 1 aromatic rings. The molecule has 0 aliphatic carbocycles. The van der Waals surface area contributed by atoms with Gasteiger partial charge in [0.2, 0.25) is 10.0 Å². The lowest BCUT2D eigenvalue weighted by Crippen LogP contribution is -2.41. The zero-order valence-corrected chi connectivity index (χ0v) is 11.6. The van der Waals surface area contributed by atoms with Gasteiger partial charge in [-0.2, -0.15) is 8.78 Å². The molecule has 0 fully saturated rings. The summed E-state index contributed by atoms with van der Waals surface area (Å²) in [7, 11) is -4.07. The number of amides is 1. The Morgan fingerprint density at radius 1 is 1.48 bits per heavy atom. The third kappa shape index (κ3) is 4.17. The second kappa shape index (κ2) is 6.02. The highest BCUT2D eigenvalue weighted by Gasteiger charge is 2.41. The molecule has 120 valence electrons. The fraction of sp³-hybridized carbons (Fsp3) is 0.500. The van der Waals surface area contributed by atoms with E-state index in [1.54, 1.807) is 12.2 Å². The summed E-state index contributed by atoms with van der Waals surface area (Å²) in [6.07, 6.45) is -2.87. The average molecular weight is 331 g/mol. The Kier molecular flexibility index (Phi) is 4.99. The predicted molar refractivity (Wildman–Crippen MR) is 64.8 cm³/mol. The van der Waals surface area contributed by atoms with Crippen LogP contribution in [0.5, 0.6) is 0 Å². The standard InChI is InChI=1S/C10H13F4N3O3S/c1-2-17-4-6(21(15,19)20)3-7(17)8(18)16-5-10(13,14)9(11)12/h3-4,9H,2,5H2,1H3,(H,16,18)(H2,15,19,20). The van der Waals surface area contributed by atoms with E-state index < -0.39 is 34.8 Å². The third-order valence-electron chi connectivity index (χ3n) is 2.58. The molecule has 6 nitrogen and oxygen atoms in total. The second-order valence-electron chi connectivity index (χ2n) is 4.14. The average Bonchev–Trinajstić information content (AvgIpc) is 2.79. The molecule has 0 bridgehead atoms. The molecular weight excluding hydrogens is 318 g/mol. The van der Waals surface area contributed by atoms with Crippen LogP contribution in [0.15, 0.2) is 17.2 Å². The molecule has 11 heteroatoms. The second-order valence-corrected chi connectivity index (χ2v) is 5.70. The first-order valence-electron chi connectivity index (χ1n) is 5.66. The molecule has 0 radical (unpaired) electrons. The molecule has 0 aromatic carbocycles. The fourth-order valence-electron chi connectivity index (χ4n) is 1.46. The van der Waals surface area contributed by atoms with E-state index in [1.165, 1.54) is 0 Å². The van der Waals surface area contributed by atoms with Gasteiger partial charge in [-0.3, -0.25) is 4.79 Å². The number of nitrogens with two attached hydrogens (primary N) is 1. The van der Waals surface area contributed by atoms with Crippen molar-refractivity contribution in [3.8, 4) is 0 Å². The molecule has 0 spiro atoms. The van der Waals surface area contributed by atoms with Crippen LogP contribution in [0.4, 0.5) is 17.6 Å². The molecule has 1 rings (SSSR count). The summed E-state index contributed by atoms with van der Waals surface area (Å²) < 4.78 is 72.8. The smallest absolute Gasteiger partial charge is 0.324 e. The number of aryl methyl sites for hydroxylation is 1. The zero-order chi connectivity index (χ0) is 16.4.